The summed E-state index contributed by atoms with van der Waals surface area (Å²) in [5, 5.41) is 5.83. The molecule has 0 aromatic heterocycles. The summed E-state index contributed by atoms with van der Waals surface area (Å²) in [7, 11) is 1.56. The second-order valence-electron chi connectivity index (χ2n) is 7.36. The minimum Gasteiger partial charge on any atom is -0.466 e. The third-order valence-corrected chi connectivity index (χ3v) is 4.83. The summed E-state index contributed by atoms with van der Waals surface area (Å²) in [5.41, 5.74) is 0.591. The van der Waals surface area contributed by atoms with Crippen molar-refractivity contribution in [2.45, 2.75) is 52.6 Å². The Bertz CT molecular complexity index is 784. The number of esters is 2. The van der Waals surface area contributed by atoms with Crippen molar-refractivity contribution in [2.24, 2.45) is 5.92 Å². The van der Waals surface area contributed by atoms with Gasteiger partial charge in [0, 0.05) is 24.2 Å². The molecule has 32 heavy (non-hydrogen) atoms. The number of hydrogen-bond donors (Lipinski definition) is 2. The Kier molecular flexibility index (Phi) is 11.5. The number of hydrogen-bond acceptors (Lipinski definition) is 6. The lowest BCUT2D eigenvalue weighted by Crippen LogP contribution is -2.56. The van der Waals surface area contributed by atoms with E-state index in [4.69, 9.17) is 21.1 Å². The largest absolute Gasteiger partial charge is 0.466 e. The first-order valence-corrected chi connectivity index (χ1v) is 10.9. The maximum absolute atomic E-state index is 12.9. The zero-order valence-electron chi connectivity index (χ0n) is 19.1. The molecular formula is C22H32ClN3O6. The molecular weight excluding hydrogens is 438 g/mol. The lowest BCUT2D eigenvalue weighted by Gasteiger charge is -2.27. The van der Waals surface area contributed by atoms with Crippen molar-refractivity contribution in [2.75, 3.05) is 25.2 Å². The molecule has 1 aromatic carbocycles. The molecule has 0 heterocycles. The van der Waals surface area contributed by atoms with Gasteiger partial charge in [0.1, 0.15) is 12.1 Å². The van der Waals surface area contributed by atoms with Gasteiger partial charge in [-0.2, -0.15) is 0 Å². The van der Waals surface area contributed by atoms with Gasteiger partial charge in [-0.25, -0.2) is 9.59 Å². The molecule has 0 saturated carbocycles. The normalized spacial score (nSPS) is 12.5. The fourth-order valence-corrected chi connectivity index (χ4v) is 2.92. The minimum atomic E-state index is -1.04. The average Bonchev–Trinajstić information content (AvgIpc) is 2.74. The molecule has 3 amide bonds. The van der Waals surface area contributed by atoms with Crippen LogP contribution in [0.4, 0.5) is 10.5 Å². The van der Waals surface area contributed by atoms with Gasteiger partial charge in [-0.05, 0) is 50.5 Å². The van der Waals surface area contributed by atoms with Crippen LogP contribution in [0.5, 0.6) is 0 Å². The van der Waals surface area contributed by atoms with Gasteiger partial charge in [0.05, 0.1) is 13.2 Å². The van der Waals surface area contributed by atoms with E-state index in [2.05, 4.69) is 10.6 Å². The number of carbonyl (C=O) groups excluding carboxylic acids is 4. The van der Waals surface area contributed by atoms with E-state index in [1.807, 2.05) is 0 Å². The van der Waals surface area contributed by atoms with Gasteiger partial charge >= 0.3 is 18.0 Å². The number of halogens is 1. The predicted molar refractivity (Wildman–Crippen MR) is 121 cm³/mol. The van der Waals surface area contributed by atoms with Gasteiger partial charge in [0.15, 0.2) is 0 Å². The van der Waals surface area contributed by atoms with Gasteiger partial charge in [-0.15, -0.1) is 0 Å². The van der Waals surface area contributed by atoms with Gasteiger partial charge in [-0.3, -0.25) is 14.5 Å². The number of benzene rings is 1. The van der Waals surface area contributed by atoms with Crippen molar-refractivity contribution < 1.29 is 28.7 Å². The molecule has 0 aliphatic carbocycles. The highest BCUT2D eigenvalue weighted by Crippen LogP contribution is 2.17. The van der Waals surface area contributed by atoms with Crippen LogP contribution >= 0.6 is 11.6 Å². The molecule has 10 heteroatoms. The van der Waals surface area contributed by atoms with E-state index in [1.54, 1.807) is 59.0 Å². The molecule has 9 nitrogen and oxygen atoms in total. The first-order chi connectivity index (χ1) is 15.1. The van der Waals surface area contributed by atoms with E-state index in [0.717, 1.165) is 0 Å². The van der Waals surface area contributed by atoms with Crippen LogP contribution in [0, 0.1) is 5.92 Å². The highest BCUT2D eigenvalue weighted by molar-refractivity contribution is 6.30. The molecule has 0 aliphatic rings. The van der Waals surface area contributed by atoms with Crippen LogP contribution in [-0.2, 0) is 23.9 Å². The van der Waals surface area contributed by atoms with Crippen molar-refractivity contribution in [3.63, 3.8) is 0 Å². The Hall–Kier alpha value is -2.81. The van der Waals surface area contributed by atoms with Crippen LogP contribution in [0.1, 0.15) is 40.5 Å². The van der Waals surface area contributed by atoms with Gasteiger partial charge in [0.2, 0.25) is 5.91 Å². The smallest absolute Gasteiger partial charge is 0.328 e. The first-order valence-electron chi connectivity index (χ1n) is 10.5. The van der Waals surface area contributed by atoms with E-state index in [0.29, 0.717) is 10.7 Å². The molecule has 178 valence electrons. The lowest BCUT2D eigenvalue weighted by molar-refractivity contribution is -0.149. The second kappa shape index (κ2) is 13.6. The fourth-order valence-electron chi connectivity index (χ4n) is 2.80. The van der Waals surface area contributed by atoms with Crippen LogP contribution in [0.25, 0.3) is 0 Å². The third kappa shape index (κ3) is 8.74. The summed E-state index contributed by atoms with van der Waals surface area (Å²) in [4.78, 5) is 50.9. The Morgan fingerprint density at radius 2 is 1.59 bits per heavy atom. The van der Waals surface area contributed by atoms with Gasteiger partial charge in [-0.1, -0.05) is 25.4 Å². The monoisotopic (exact) mass is 469 g/mol. The lowest BCUT2D eigenvalue weighted by atomic mass is 10.0. The third-order valence-electron chi connectivity index (χ3n) is 4.58. The molecule has 0 saturated heterocycles. The number of ether oxygens (including phenoxy) is 2. The van der Waals surface area contributed by atoms with Crippen LogP contribution in [0.3, 0.4) is 0 Å². The average molecular weight is 470 g/mol. The highest BCUT2D eigenvalue weighted by atomic mass is 35.5. The fraction of sp³-hybridized carbons (Fsp3) is 0.545. The summed E-state index contributed by atoms with van der Waals surface area (Å²) in [6.07, 6.45) is -0.0392. The molecule has 2 atom stereocenters. The standard InChI is InChI=1S/C22H32ClN3O6/c1-6-31-18(27)13-12-17(21(29)32-7-2)24-20(28)19(14(3)4)25-22(30)26(5)16-10-8-15(23)9-11-16/h8-11,14,17,19H,6-7,12-13H2,1-5H3,(H,24,28)(H,25,30)/t17-,19+/m1/s1. The zero-order chi connectivity index (χ0) is 24.3. The van der Waals surface area contributed by atoms with Gasteiger partial charge in [0.25, 0.3) is 0 Å². The Balaban J connectivity index is 2.88. The van der Waals surface area contributed by atoms with Gasteiger partial charge < -0.3 is 20.1 Å². The minimum absolute atomic E-state index is 0.0207. The number of nitrogens with one attached hydrogen (secondary N) is 2. The molecule has 1 rings (SSSR count). The number of rotatable bonds is 11. The summed E-state index contributed by atoms with van der Waals surface area (Å²) >= 11 is 5.88. The predicted octanol–water partition coefficient (Wildman–Crippen LogP) is 2.90. The maximum atomic E-state index is 12.9. The van der Waals surface area contributed by atoms with Crippen molar-refractivity contribution >= 4 is 41.2 Å². The summed E-state index contributed by atoms with van der Waals surface area (Å²) in [6, 6.07) is 4.20. The molecule has 0 aliphatic heterocycles. The molecule has 0 bridgehead atoms. The molecule has 1 aromatic rings. The Morgan fingerprint density at radius 3 is 2.12 bits per heavy atom. The molecule has 2 N–H and O–H groups in total. The first kappa shape index (κ1) is 27.2. The molecule has 0 spiro atoms. The Morgan fingerprint density at radius 1 is 1.00 bits per heavy atom. The van der Waals surface area contributed by atoms with Crippen molar-refractivity contribution in [1.82, 2.24) is 10.6 Å². The molecule has 0 radical (unpaired) electrons. The maximum Gasteiger partial charge on any atom is 0.328 e. The van der Waals surface area contributed by atoms with Crippen molar-refractivity contribution in [3.05, 3.63) is 29.3 Å². The number of amides is 3. The topological polar surface area (TPSA) is 114 Å². The molecule has 0 fully saturated rings. The van der Waals surface area contributed by atoms with Crippen molar-refractivity contribution in [1.29, 1.82) is 0 Å². The number of urea groups is 1. The summed E-state index contributed by atoms with van der Waals surface area (Å²) < 4.78 is 9.89. The number of carbonyl (C=O) groups is 4. The summed E-state index contributed by atoms with van der Waals surface area (Å²) in [5.74, 6) is -1.96. The molecule has 0 unspecified atom stereocenters. The quantitative estimate of drug-likeness (QED) is 0.481. The van der Waals surface area contributed by atoms with E-state index < -0.39 is 36.0 Å². The number of anilines is 1. The van der Waals surface area contributed by atoms with E-state index in [9.17, 15) is 19.2 Å². The number of nitrogens with zero attached hydrogens (tertiary/aromatic N) is 1. The second-order valence-corrected chi connectivity index (χ2v) is 7.80. The van der Waals surface area contributed by atoms with E-state index in [1.165, 1.54) is 4.90 Å². The Labute approximate surface area is 193 Å². The highest BCUT2D eigenvalue weighted by Gasteiger charge is 2.30. The van der Waals surface area contributed by atoms with Crippen LogP contribution in [0.2, 0.25) is 5.02 Å². The van der Waals surface area contributed by atoms with E-state index >= 15 is 0 Å². The van der Waals surface area contributed by atoms with Crippen LogP contribution in [-0.4, -0.2) is 56.2 Å². The zero-order valence-corrected chi connectivity index (χ0v) is 19.9. The van der Waals surface area contributed by atoms with Crippen LogP contribution in [0.15, 0.2) is 24.3 Å². The summed E-state index contributed by atoms with van der Waals surface area (Å²) in [6.45, 7) is 7.21. The van der Waals surface area contributed by atoms with Crippen molar-refractivity contribution in [3.8, 4) is 0 Å². The SMILES string of the molecule is CCOC(=O)CC[C@@H](NC(=O)[C@@H](NC(=O)N(C)c1ccc(Cl)cc1)C(C)C)C(=O)OCC. The van der Waals surface area contributed by atoms with E-state index in [-0.39, 0.29) is 32.0 Å². The van der Waals surface area contributed by atoms with Crippen LogP contribution < -0.4 is 15.5 Å².